The van der Waals surface area contributed by atoms with Crippen molar-refractivity contribution in [1.82, 2.24) is 19.7 Å². The molecule has 0 saturated carbocycles. The van der Waals surface area contributed by atoms with Crippen LogP contribution in [0.4, 0.5) is 5.82 Å². The number of pyridine rings is 2. The SMILES string of the molecule is CCOc1cn(-c2ccco2)nc1C(=O)Nc1ccc(Oc2ccnc3cc(OC)c(OC)cc23)cn1. The van der Waals surface area contributed by atoms with Crippen LogP contribution in [0.1, 0.15) is 17.4 Å². The Labute approximate surface area is 211 Å². The van der Waals surface area contributed by atoms with Gasteiger partial charge in [0.25, 0.3) is 5.91 Å². The smallest absolute Gasteiger partial charge is 0.281 e. The molecule has 0 radical (unpaired) electrons. The van der Waals surface area contributed by atoms with E-state index in [1.54, 1.807) is 69.1 Å². The van der Waals surface area contributed by atoms with E-state index in [4.69, 9.17) is 23.4 Å². The van der Waals surface area contributed by atoms with E-state index in [0.717, 1.165) is 5.39 Å². The highest BCUT2D eigenvalue weighted by atomic mass is 16.5. The molecule has 0 unspecified atom stereocenters. The number of anilines is 1. The maximum absolute atomic E-state index is 12.9. The molecule has 0 aliphatic heterocycles. The standard InChI is InChI=1S/C26H23N5O6/c1-4-35-22-15-31(24-6-5-11-36-24)30-25(22)26(32)29-23-8-7-16(14-28-23)37-19-9-10-27-18-13-21(34-3)20(33-2)12-17(18)19/h5-15H,4H2,1-3H3,(H,28,29,32). The van der Waals surface area contributed by atoms with E-state index in [0.29, 0.717) is 52.6 Å². The van der Waals surface area contributed by atoms with Crippen LogP contribution < -0.4 is 24.3 Å². The number of hydrogen-bond donors (Lipinski definition) is 1. The predicted molar refractivity (Wildman–Crippen MR) is 134 cm³/mol. The molecule has 0 fully saturated rings. The molecule has 37 heavy (non-hydrogen) atoms. The molecule has 4 aromatic heterocycles. The molecule has 0 saturated heterocycles. The highest BCUT2D eigenvalue weighted by Gasteiger charge is 2.20. The van der Waals surface area contributed by atoms with Gasteiger partial charge >= 0.3 is 0 Å². The van der Waals surface area contributed by atoms with Gasteiger partial charge in [-0.1, -0.05) is 0 Å². The lowest BCUT2D eigenvalue weighted by molar-refractivity contribution is 0.101. The number of aromatic nitrogens is 4. The van der Waals surface area contributed by atoms with Gasteiger partial charge in [0.05, 0.1) is 45.0 Å². The predicted octanol–water partition coefficient (Wildman–Crippen LogP) is 4.87. The van der Waals surface area contributed by atoms with Crippen molar-refractivity contribution in [3.05, 3.63) is 73.0 Å². The van der Waals surface area contributed by atoms with Crippen molar-refractivity contribution in [2.24, 2.45) is 0 Å². The summed E-state index contributed by atoms with van der Waals surface area (Å²) < 4.78 is 29.2. The van der Waals surface area contributed by atoms with Gasteiger partial charge < -0.3 is 28.7 Å². The molecule has 1 amide bonds. The third-order valence-corrected chi connectivity index (χ3v) is 5.34. The van der Waals surface area contributed by atoms with E-state index < -0.39 is 5.91 Å². The molecule has 1 aromatic carbocycles. The minimum absolute atomic E-state index is 0.105. The van der Waals surface area contributed by atoms with Gasteiger partial charge in [-0.05, 0) is 37.3 Å². The third kappa shape index (κ3) is 4.87. The molecule has 0 spiro atoms. The monoisotopic (exact) mass is 501 g/mol. The summed E-state index contributed by atoms with van der Waals surface area (Å²) in [6.45, 7) is 2.20. The zero-order valence-electron chi connectivity index (χ0n) is 20.3. The van der Waals surface area contributed by atoms with Crippen molar-refractivity contribution >= 4 is 22.6 Å². The van der Waals surface area contributed by atoms with Gasteiger partial charge in [0.1, 0.15) is 17.3 Å². The second kappa shape index (κ2) is 10.3. The van der Waals surface area contributed by atoms with Gasteiger partial charge in [0.2, 0.25) is 5.88 Å². The summed E-state index contributed by atoms with van der Waals surface area (Å²) in [5.41, 5.74) is 0.791. The number of ether oxygens (including phenoxy) is 4. The molecule has 188 valence electrons. The van der Waals surface area contributed by atoms with Crippen LogP contribution in [0.15, 0.2) is 71.7 Å². The van der Waals surface area contributed by atoms with E-state index in [1.165, 1.54) is 17.1 Å². The summed E-state index contributed by atoms with van der Waals surface area (Å²) in [5, 5.41) is 7.78. The molecule has 11 nitrogen and oxygen atoms in total. The Morgan fingerprint density at radius 1 is 1.03 bits per heavy atom. The lowest BCUT2D eigenvalue weighted by atomic mass is 10.2. The van der Waals surface area contributed by atoms with Gasteiger partial charge in [0, 0.05) is 23.7 Å². The van der Waals surface area contributed by atoms with Crippen LogP contribution in [0.3, 0.4) is 0 Å². The fraction of sp³-hybridized carbons (Fsp3) is 0.154. The third-order valence-electron chi connectivity index (χ3n) is 5.34. The van der Waals surface area contributed by atoms with Crippen LogP contribution in [0.5, 0.6) is 28.7 Å². The maximum Gasteiger partial charge on any atom is 0.281 e. The van der Waals surface area contributed by atoms with Crippen LogP contribution in [-0.4, -0.2) is 46.5 Å². The summed E-state index contributed by atoms with van der Waals surface area (Å²) in [7, 11) is 3.13. The van der Waals surface area contributed by atoms with Crippen molar-refractivity contribution in [3.8, 4) is 34.6 Å². The largest absolute Gasteiger partial charge is 0.493 e. The highest BCUT2D eigenvalue weighted by molar-refractivity contribution is 6.04. The number of fused-ring (bicyclic) bond motifs is 1. The first-order chi connectivity index (χ1) is 18.1. The van der Waals surface area contributed by atoms with E-state index >= 15 is 0 Å². The molecular weight excluding hydrogens is 478 g/mol. The quantitative estimate of drug-likeness (QED) is 0.301. The number of nitrogens with one attached hydrogen (secondary N) is 1. The Balaban J connectivity index is 1.34. The Bertz CT molecular complexity index is 1530. The zero-order valence-corrected chi connectivity index (χ0v) is 20.3. The summed E-state index contributed by atoms with van der Waals surface area (Å²) in [6.07, 6.45) is 6.26. The molecule has 0 aliphatic carbocycles. The summed E-state index contributed by atoms with van der Waals surface area (Å²) in [6, 6.07) is 12.1. The lowest BCUT2D eigenvalue weighted by Crippen LogP contribution is -2.15. The second-order valence-corrected chi connectivity index (χ2v) is 7.64. The summed E-state index contributed by atoms with van der Waals surface area (Å²) >= 11 is 0. The average molecular weight is 501 g/mol. The van der Waals surface area contributed by atoms with Crippen LogP contribution in [-0.2, 0) is 0 Å². The van der Waals surface area contributed by atoms with E-state index in [2.05, 4.69) is 20.4 Å². The topological polar surface area (TPSA) is 123 Å². The van der Waals surface area contributed by atoms with Crippen molar-refractivity contribution < 1.29 is 28.2 Å². The van der Waals surface area contributed by atoms with Crippen molar-refractivity contribution in [2.45, 2.75) is 6.92 Å². The Morgan fingerprint density at radius 2 is 1.86 bits per heavy atom. The van der Waals surface area contributed by atoms with Crippen molar-refractivity contribution in [2.75, 3.05) is 26.1 Å². The van der Waals surface area contributed by atoms with Gasteiger partial charge in [0.15, 0.2) is 22.9 Å². The van der Waals surface area contributed by atoms with Gasteiger partial charge in [-0.25, -0.2) is 9.67 Å². The first kappa shape index (κ1) is 23.7. The van der Waals surface area contributed by atoms with Gasteiger partial charge in [-0.2, -0.15) is 5.10 Å². The molecule has 11 heteroatoms. The molecule has 5 rings (SSSR count). The number of methoxy groups -OCH3 is 2. The number of rotatable bonds is 9. The summed E-state index contributed by atoms with van der Waals surface area (Å²) in [4.78, 5) is 21.6. The van der Waals surface area contributed by atoms with Crippen LogP contribution in [0.25, 0.3) is 16.8 Å². The van der Waals surface area contributed by atoms with Crippen molar-refractivity contribution in [1.29, 1.82) is 0 Å². The fourth-order valence-corrected chi connectivity index (χ4v) is 3.64. The molecule has 0 bridgehead atoms. The minimum atomic E-state index is -0.476. The number of carbonyl (C=O) groups excluding carboxylic acids is 1. The normalized spacial score (nSPS) is 10.8. The molecule has 4 heterocycles. The number of amides is 1. The fourth-order valence-electron chi connectivity index (χ4n) is 3.64. The first-order valence-electron chi connectivity index (χ1n) is 11.3. The number of furan rings is 1. The Morgan fingerprint density at radius 3 is 2.57 bits per heavy atom. The average Bonchev–Trinajstić information content (AvgIpc) is 3.60. The molecular formula is C26H23N5O6. The van der Waals surface area contributed by atoms with Gasteiger partial charge in [-0.15, -0.1) is 0 Å². The number of hydrogen-bond acceptors (Lipinski definition) is 9. The number of carbonyl (C=O) groups is 1. The lowest BCUT2D eigenvalue weighted by Gasteiger charge is -2.12. The van der Waals surface area contributed by atoms with E-state index in [-0.39, 0.29) is 5.69 Å². The molecule has 0 aliphatic rings. The minimum Gasteiger partial charge on any atom is -0.493 e. The molecule has 0 atom stereocenters. The maximum atomic E-state index is 12.9. The van der Waals surface area contributed by atoms with E-state index in [9.17, 15) is 4.79 Å². The highest BCUT2D eigenvalue weighted by Crippen LogP contribution is 2.36. The second-order valence-electron chi connectivity index (χ2n) is 7.64. The van der Waals surface area contributed by atoms with E-state index in [1.807, 2.05) is 6.92 Å². The number of benzene rings is 1. The van der Waals surface area contributed by atoms with Gasteiger partial charge in [-0.3, -0.25) is 9.78 Å². The Hall–Kier alpha value is -5.06. The summed E-state index contributed by atoms with van der Waals surface area (Å²) in [5.74, 6) is 2.79. The van der Waals surface area contributed by atoms with Crippen molar-refractivity contribution in [3.63, 3.8) is 0 Å². The zero-order chi connectivity index (χ0) is 25.8. The van der Waals surface area contributed by atoms with Crippen LogP contribution in [0, 0.1) is 0 Å². The van der Waals surface area contributed by atoms with Crippen LogP contribution >= 0.6 is 0 Å². The first-order valence-corrected chi connectivity index (χ1v) is 11.3. The molecule has 5 aromatic rings. The molecule has 1 N–H and O–H groups in total. The Kier molecular flexibility index (Phi) is 6.58. The number of nitrogens with zero attached hydrogens (tertiary/aromatic N) is 4. The van der Waals surface area contributed by atoms with Crippen LogP contribution in [0.2, 0.25) is 0 Å².